The number of ether oxygens (including phenoxy) is 2. The fraction of sp³-hybridized carbons (Fsp3) is 0.500. The van der Waals surface area contributed by atoms with Gasteiger partial charge in [0.05, 0.1) is 6.54 Å². The van der Waals surface area contributed by atoms with Crippen LogP contribution in [0.3, 0.4) is 0 Å². The number of carbonyl (C=O) groups excluding carboxylic acids is 2. The Bertz CT molecular complexity index is 527. The summed E-state index contributed by atoms with van der Waals surface area (Å²) >= 11 is 0. The first-order valence-corrected chi connectivity index (χ1v) is 7.20. The molecule has 1 aromatic carbocycles. The maximum Gasteiger partial charge on any atom is 0.344 e. The zero-order valence-electron chi connectivity index (χ0n) is 12.6. The topological polar surface area (TPSA) is 55.8 Å². The first-order chi connectivity index (χ1) is 10.1. The van der Waals surface area contributed by atoms with Gasteiger partial charge in [0, 0.05) is 13.0 Å². The summed E-state index contributed by atoms with van der Waals surface area (Å²) in [7, 11) is 0. The van der Waals surface area contributed by atoms with Crippen LogP contribution < -0.4 is 4.74 Å². The normalized spacial score (nSPS) is 14.4. The maximum atomic E-state index is 11.6. The summed E-state index contributed by atoms with van der Waals surface area (Å²) in [6.07, 6.45) is 1.49. The van der Waals surface area contributed by atoms with E-state index in [4.69, 9.17) is 9.47 Å². The molecular weight excluding hydrogens is 270 g/mol. The second-order valence-electron chi connectivity index (χ2n) is 5.24. The minimum absolute atomic E-state index is 0.115. The average molecular weight is 291 g/mol. The summed E-state index contributed by atoms with van der Waals surface area (Å²) in [6.45, 7) is 5.35. The van der Waals surface area contributed by atoms with Crippen LogP contribution in [0.4, 0.5) is 0 Å². The lowest BCUT2D eigenvalue weighted by molar-refractivity contribution is -0.147. The van der Waals surface area contributed by atoms with E-state index in [0.717, 1.165) is 18.5 Å². The molecular formula is C16H21NO4. The third-order valence-corrected chi connectivity index (χ3v) is 3.63. The van der Waals surface area contributed by atoms with E-state index in [1.165, 1.54) is 5.56 Å². The molecule has 0 atom stereocenters. The van der Waals surface area contributed by atoms with Crippen molar-refractivity contribution in [3.8, 4) is 5.75 Å². The van der Waals surface area contributed by atoms with Gasteiger partial charge in [-0.15, -0.1) is 0 Å². The van der Waals surface area contributed by atoms with Gasteiger partial charge in [0.15, 0.2) is 6.61 Å². The smallest absolute Gasteiger partial charge is 0.344 e. The van der Waals surface area contributed by atoms with Crippen LogP contribution in [0.1, 0.15) is 24.0 Å². The van der Waals surface area contributed by atoms with Crippen molar-refractivity contribution in [2.75, 3.05) is 26.3 Å². The second kappa shape index (κ2) is 7.11. The third-order valence-electron chi connectivity index (χ3n) is 3.63. The van der Waals surface area contributed by atoms with Crippen LogP contribution in [0, 0.1) is 13.8 Å². The lowest BCUT2D eigenvalue weighted by atomic mass is 10.1. The molecule has 1 saturated heterocycles. The number of carbonyl (C=O) groups is 2. The monoisotopic (exact) mass is 291 g/mol. The molecule has 0 radical (unpaired) electrons. The SMILES string of the molecule is Cc1ccc(OCC(=O)OCCN2CCCC2=O)cc1C. The molecule has 0 unspecified atom stereocenters. The molecule has 0 aliphatic carbocycles. The number of amides is 1. The molecule has 5 heteroatoms. The van der Waals surface area contributed by atoms with Gasteiger partial charge >= 0.3 is 5.97 Å². The van der Waals surface area contributed by atoms with Gasteiger partial charge in [-0.1, -0.05) is 6.07 Å². The van der Waals surface area contributed by atoms with Gasteiger partial charge in [-0.2, -0.15) is 0 Å². The Morgan fingerprint density at radius 2 is 2.10 bits per heavy atom. The highest BCUT2D eigenvalue weighted by Gasteiger charge is 2.19. The first-order valence-electron chi connectivity index (χ1n) is 7.20. The van der Waals surface area contributed by atoms with Gasteiger partial charge in [-0.05, 0) is 43.5 Å². The molecule has 21 heavy (non-hydrogen) atoms. The van der Waals surface area contributed by atoms with E-state index in [-0.39, 0.29) is 19.1 Å². The van der Waals surface area contributed by atoms with Crippen molar-refractivity contribution in [3.05, 3.63) is 29.3 Å². The van der Waals surface area contributed by atoms with Crippen molar-refractivity contribution >= 4 is 11.9 Å². The number of hydrogen-bond donors (Lipinski definition) is 0. The van der Waals surface area contributed by atoms with Gasteiger partial charge < -0.3 is 14.4 Å². The van der Waals surface area contributed by atoms with E-state index >= 15 is 0 Å². The zero-order valence-corrected chi connectivity index (χ0v) is 12.6. The summed E-state index contributed by atoms with van der Waals surface area (Å²) in [5, 5.41) is 0. The van der Waals surface area contributed by atoms with Gasteiger partial charge in [-0.25, -0.2) is 4.79 Å². The standard InChI is InChI=1S/C16H21NO4/c1-12-5-6-14(10-13(12)2)21-11-16(19)20-9-8-17-7-3-4-15(17)18/h5-6,10H,3-4,7-9,11H2,1-2H3. The predicted octanol–water partition coefficient (Wildman–Crippen LogP) is 1.85. The highest BCUT2D eigenvalue weighted by molar-refractivity contribution is 5.78. The van der Waals surface area contributed by atoms with Gasteiger partial charge in [0.2, 0.25) is 5.91 Å². The molecule has 0 N–H and O–H groups in total. The molecule has 1 aromatic rings. The minimum Gasteiger partial charge on any atom is -0.482 e. The van der Waals surface area contributed by atoms with Crippen molar-refractivity contribution in [2.45, 2.75) is 26.7 Å². The van der Waals surface area contributed by atoms with Gasteiger partial charge in [0.25, 0.3) is 0 Å². The van der Waals surface area contributed by atoms with E-state index in [0.29, 0.717) is 18.7 Å². The molecule has 1 amide bonds. The largest absolute Gasteiger partial charge is 0.482 e. The van der Waals surface area contributed by atoms with E-state index in [1.54, 1.807) is 4.90 Å². The van der Waals surface area contributed by atoms with Crippen LogP contribution >= 0.6 is 0 Å². The predicted molar refractivity (Wildman–Crippen MR) is 78.2 cm³/mol. The Morgan fingerprint density at radius 1 is 1.29 bits per heavy atom. The number of rotatable bonds is 6. The fourth-order valence-electron chi connectivity index (χ4n) is 2.20. The number of aryl methyl sites for hydroxylation is 2. The molecule has 0 bridgehead atoms. The third kappa shape index (κ3) is 4.48. The molecule has 0 aromatic heterocycles. The van der Waals surface area contributed by atoms with Crippen LogP contribution in [-0.4, -0.2) is 43.1 Å². The lowest BCUT2D eigenvalue weighted by Crippen LogP contribution is -2.30. The molecule has 1 aliphatic heterocycles. The summed E-state index contributed by atoms with van der Waals surface area (Å²) in [5.74, 6) is 0.377. The van der Waals surface area contributed by atoms with Crippen molar-refractivity contribution in [1.82, 2.24) is 4.90 Å². The molecule has 1 fully saturated rings. The molecule has 1 heterocycles. The summed E-state index contributed by atoms with van der Waals surface area (Å²) in [6, 6.07) is 5.68. The molecule has 5 nitrogen and oxygen atoms in total. The Hall–Kier alpha value is -2.04. The van der Waals surface area contributed by atoms with E-state index < -0.39 is 5.97 Å². The van der Waals surface area contributed by atoms with Gasteiger partial charge in [-0.3, -0.25) is 4.79 Å². The Morgan fingerprint density at radius 3 is 2.76 bits per heavy atom. The van der Waals surface area contributed by atoms with Gasteiger partial charge in [0.1, 0.15) is 12.4 Å². The van der Waals surface area contributed by atoms with E-state index in [9.17, 15) is 9.59 Å². The van der Waals surface area contributed by atoms with Crippen LogP contribution in [0.15, 0.2) is 18.2 Å². The van der Waals surface area contributed by atoms with Crippen LogP contribution in [-0.2, 0) is 14.3 Å². The molecule has 1 aliphatic rings. The summed E-state index contributed by atoms with van der Waals surface area (Å²) < 4.78 is 10.5. The summed E-state index contributed by atoms with van der Waals surface area (Å²) in [4.78, 5) is 24.7. The molecule has 0 spiro atoms. The number of hydrogen-bond acceptors (Lipinski definition) is 4. The Balaban J connectivity index is 1.67. The molecule has 2 rings (SSSR count). The van der Waals surface area contributed by atoms with Crippen molar-refractivity contribution in [3.63, 3.8) is 0 Å². The Kier molecular flexibility index (Phi) is 5.20. The zero-order chi connectivity index (χ0) is 15.2. The maximum absolute atomic E-state index is 11.6. The summed E-state index contributed by atoms with van der Waals surface area (Å²) in [5.41, 5.74) is 2.30. The van der Waals surface area contributed by atoms with Crippen molar-refractivity contribution < 1.29 is 19.1 Å². The highest BCUT2D eigenvalue weighted by Crippen LogP contribution is 2.16. The second-order valence-corrected chi connectivity index (χ2v) is 5.24. The van der Waals surface area contributed by atoms with E-state index in [2.05, 4.69) is 0 Å². The van der Waals surface area contributed by atoms with Crippen LogP contribution in [0.2, 0.25) is 0 Å². The molecule has 0 saturated carbocycles. The van der Waals surface area contributed by atoms with Crippen molar-refractivity contribution in [2.24, 2.45) is 0 Å². The number of benzene rings is 1. The minimum atomic E-state index is -0.417. The quantitative estimate of drug-likeness (QED) is 0.751. The van der Waals surface area contributed by atoms with Crippen LogP contribution in [0.5, 0.6) is 5.75 Å². The van der Waals surface area contributed by atoms with Crippen molar-refractivity contribution in [1.29, 1.82) is 0 Å². The van der Waals surface area contributed by atoms with E-state index in [1.807, 2.05) is 32.0 Å². The number of nitrogens with zero attached hydrogens (tertiary/aromatic N) is 1. The fourth-order valence-corrected chi connectivity index (χ4v) is 2.20. The number of esters is 1. The molecule has 114 valence electrons. The Labute approximate surface area is 124 Å². The lowest BCUT2D eigenvalue weighted by Gasteiger charge is -2.15. The number of likely N-dealkylation sites (tertiary alicyclic amines) is 1. The highest BCUT2D eigenvalue weighted by atomic mass is 16.6. The first kappa shape index (κ1) is 15.4. The average Bonchev–Trinajstić information content (AvgIpc) is 2.86. The van der Waals surface area contributed by atoms with Crippen LogP contribution in [0.25, 0.3) is 0 Å².